The molecule has 0 aromatic heterocycles. The number of allylic oxidation sites excluding steroid dienone is 5. The first-order chi connectivity index (χ1) is 7.78. The number of hydrogen-bond acceptors (Lipinski definition) is 3. The van der Waals surface area contributed by atoms with E-state index in [9.17, 15) is 0 Å². The van der Waals surface area contributed by atoms with Crippen molar-refractivity contribution < 1.29 is 5.11 Å². The smallest absolute Gasteiger partial charge is 0.129 e. The summed E-state index contributed by atoms with van der Waals surface area (Å²) in [6, 6.07) is 3.75. The fourth-order valence-corrected chi connectivity index (χ4v) is 2.40. The third kappa shape index (κ3) is 1.78. The van der Waals surface area contributed by atoms with Gasteiger partial charge in [0, 0.05) is 11.8 Å². The Bertz CT molecular complexity index is 455. The monoisotopic (exact) mass is 212 g/mol. The fourth-order valence-electron chi connectivity index (χ4n) is 2.40. The highest BCUT2D eigenvalue weighted by atomic mass is 16.3. The van der Waals surface area contributed by atoms with Crippen LogP contribution in [-0.4, -0.2) is 11.7 Å². The lowest BCUT2D eigenvalue weighted by molar-refractivity contribution is 0.305. The second kappa shape index (κ2) is 4.35. The van der Waals surface area contributed by atoms with Gasteiger partial charge in [0.15, 0.2) is 0 Å². The molecule has 0 aromatic carbocycles. The van der Waals surface area contributed by atoms with E-state index in [-0.39, 0.29) is 18.1 Å². The molecule has 2 unspecified atom stereocenters. The lowest BCUT2D eigenvalue weighted by Crippen LogP contribution is -2.22. The molecule has 2 bridgehead atoms. The second-order valence-corrected chi connectivity index (χ2v) is 4.14. The zero-order chi connectivity index (χ0) is 11.5. The van der Waals surface area contributed by atoms with Crippen molar-refractivity contribution in [2.45, 2.75) is 12.8 Å². The summed E-state index contributed by atoms with van der Waals surface area (Å²) in [6.45, 7) is 0.109. The molecule has 0 aliphatic heterocycles. The van der Waals surface area contributed by atoms with Crippen LogP contribution in [0.5, 0.6) is 0 Å². The number of nitriles is 2. The van der Waals surface area contributed by atoms with E-state index in [2.05, 4.69) is 12.2 Å². The van der Waals surface area contributed by atoms with Gasteiger partial charge in [-0.15, -0.1) is 0 Å². The van der Waals surface area contributed by atoms with Crippen LogP contribution in [0, 0.1) is 34.5 Å². The van der Waals surface area contributed by atoms with Gasteiger partial charge >= 0.3 is 0 Å². The molecule has 3 rings (SSSR count). The van der Waals surface area contributed by atoms with Crippen LogP contribution in [0.4, 0.5) is 0 Å². The summed E-state index contributed by atoms with van der Waals surface area (Å²) >= 11 is 0. The molecule has 2 atom stereocenters. The van der Waals surface area contributed by atoms with Crippen molar-refractivity contribution >= 4 is 0 Å². The average molecular weight is 212 g/mol. The van der Waals surface area contributed by atoms with Gasteiger partial charge in [0.25, 0.3) is 0 Å². The zero-order valence-electron chi connectivity index (χ0n) is 8.85. The summed E-state index contributed by atoms with van der Waals surface area (Å²) in [4.78, 5) is 0. The van der Waals surface area contributed by atoms with Gasteiger partial charge in [-0.3, -0.25) is 0 Å². The summed E-state index contributed by atoms with van der Waals surface area (Å²) < 4.78 is 0. The van der Waals surface area contributed by atoms with Crippen molar-refractivity contribution in [3.8, 4) is 12.1 Å². The van der Waals surface area contributed by atoms with Gasteiger partial charge in [0.2, 0.25) is 0 Å². The Kier molecular flexibility index (Phi) is 2.90. The predicted octanol–water partition coefficient (Wildman–Crippen LogP) is 1.84. The standard InChI is InChI=1S/C13H12N2O/c14-6-9(7-15)3-12-4-11-2-1-10(12)5-13(11)8-16/h3-5,10-11,16H,1-2,8H2. The number of aliphatic hydroxyl groups is 1. The minimum absolute atomic E-state index is 0.109. The predicted molar refractivity (Wildman–Crippen MR) is 58.8 cm³/mol. The number of nitrogens with zero attached hydrogens (tertiary/aromatic N) is 2. The van der Waals surface area contributed by atoms with Gasteiger partial charge in [-0.25, -0.2) is 0 Å². The van der Waals surface area contributed by atoms with E-state index >= 15 is 0 Å². The van der Waals surface area contributed by atoms with Crippen molar-refractivity contribution in [3.63, 3.8) is 0 Å². The number of aliphatic hydroxyl groups excluding tert-OH is 1. The summed E-state index contributed by atoms with van der Waals surface area (Å²) in [5, 5.41) is 26.6. The Morgan fingerprint density at radius 1 is 1.31 bits per heavy atom. The van der Waals surface area contributed by atoms with Crippen molar-refractivity contribution in [3.05, 3.63) is 34.9 Å². The molecule has 16 heavy (non-hydrogen) atoms. The highest BCUT2D eigenvalue weighted by molar-refractivity contribution is 5.46. The van der Waals surface area contributed by atoms with Crippen LogP contribution in [0.1, 0.15) is 12.8 Å². The third-order valence-electron chi connectivity index (χ3n) is 3.24. The van der Waals surface area contributed by atoms with E-state index in [0.717, 1.165) is 24.0 Å². The van der Waals surface area contributed by atoms with Crippen molar-refractivity contribution in [2.75, 3.05) is 6.61 Å². The molecule has 0 heterocycles. The van der Waals surface area contributed by atoms with E-state index in [1.807, 2.05) is 12.1 Å². The van der Waals surface area contributed by atoms with Crippen molar-refractivity contribution in [1.29, 1.82) is 10.5 Å². The Labute approximate surface area is 94.6 Å². The van der Waals surface area contributed by atoms with Crippen LogP contribution in [0.15, 0.2) is 34.9 Å². The van der Waals surface area contributed by atoms with Crippen LogP contribution in [0.2, 0.25) is 0 Å². The van der Waals surface area contributed by atoms with E-state index in [1.54, 1.807) is 6.08 Å². The molecule has 3 heteroatoms. The SMILES string of the molecule is N#CC(C#N)=CC1=CC2CCC1C=C2CO. The maximum atomic E-state index is 9.16. The molecule has 0 saturated carbocycles. The molecule has 0 radical (unpaired) electrons. The van der Waals surface area contributed by atoms with Crippen LogP contribution in [-0.2, 0) is 0 Å². The first-order valence-electron chi connectivity index (χ1n) is 5.33. The lowest BCUT2D eigenvalue weighted by Gasteiger charge is -2.33. The molecule has 3 nitrogen and oxygen atoms in total. The molecule has 3 aliphatic carbocycles. The highest BCUT2D eigenvalue weighted by Crippen LogP contribution is 2.40. The maximum absolute atomic E-state index is 9.16. The Balaban J connectivity index is 2.27. The summed E-state index contributed by atoms with van der Waals surface area (Å²) in [6.07, 6.45) is 7.92. The van der Waals surface area contributed by atoms with Crippen LogP contribution >= 0.6 is 0 Å². The Morgan fingerprint density at radius 2 is 2.00 bits per heavy atom. The van der Waals surface area contributed by atoms with Crippen molar-refractivity contribution in [2.24, 2.45) is 11.8 Å². The molecular weight excluding hydrogens is 200 g/mol. The van der Waals surface area contributed by atoms with Crippen molar-refractivity contribution in [1.82, 2.24) is 0 Å². The molecular formula is C13H12N2O. The van der Waals surface area contributed by atoms with Gasteiger partial charge < -0.3 is 5.11 Å². The van der Waals surface area contributed by atoms with Crippen LogP contribution in [0.25, 0.3) is 0 Å². The Morgan fingerprint density at radius 3 is 2.50 bits per heavy atom. The van der Waals surface area contributed by atoms with Gasteiger partial charge in [-0.1, -0.05) is 12.2 Å². The lowest BCUT2D eigenvalue weighted by atomic mass is 9.72. The highest BCUT2D eigenvalue weighted by Gasteiger charge is 2.28. The first kappa shape index (κ1) is 10.7. The van der Waals surface area contributed by atoms with Gasteiger partial charge in [-0.2, -0.15) is 10.5 Å². The largest absolute Gasteiger partial charge is 0.392 e. The fraction of sp³-hybridized carbons (Fsp3) is 0.385. The first-order valence-corrected chi connectivity index (χ1v) is 5.33. The van der Waals surface area contributed by atoms with E-state index in [0.29, 0.717) is 5.92 Å². The number of hydrogen-bond donors (Lipinski definition) is 1. The summed E-state index contributed by atoms with van der Waals surface area (Å²) in [5.41, 5.74) is 2.27. The van der Waals surface area contributed by atoms with E-state index in [4.69, 9.17) is 15.6 Å². The zero-order valence-corrected chi connectivity index (χ0v) is 8.85. The molecule has 3 aliphatic rings. The molecule has 0 amide bonds. The third-order valence-corrected chi connectivity index (χ3v) is 3.24. The average Bonchev–Trinajstić information content (AvgIpc) is 2.36. The minimum atomic E-state index is 0.109. The summed E-state index contributed by atoms with van der Waals surface area (Å²) in [5.74, 6) is 0.559. The molecule has 0 fully saturated rings. The van der Waals surface area contributed by atoms with E-state index < -0.39 is 0 Å². The Hall–Kier alpha value is -1.84. The number of fused-ring (bicyclic) bond motifs is 1. The van der Waals surface area contributed by atoms with Gasteiger partial charge in [0.05, 0.1) is 6.61 Å². The maximum Gasteiger partial charge on any atom is 0.129 e. The molecule has 0 saturated heterocycles. The topological polar surface area (TPSA) is 67.8 Å². The minimum Gasteiger partial charge on any atom is -0.392 e. The van der Waals surface area contributed by atoms with Gasteiger partial charge in [-0.05, 0) is 30.1 Å². The molecule has 0 spiro atoms. The number of rotatable bonds is 2. The molecule has 1 N–H and O–H groups in total. The quantitative estimate of drug-likeness (QED) is 0.561. The summed E-state index contributed by atoms with van der Waals surface area (Å²) in [7, 11) is 0. The van der Waals surface area contributed by atoms with E-state index in [1.165, 1.54) is 0 Å². The molecule has 0 aromatic rings. The van der Waals surface area contributed by atoms with Gasteiger partial charge in [0.1, 0.15) is 17.7 Å². The molecule has 80 valence electrons. The van der Waals surface area contributed by atoms with Crippen LogP contribution in [0.3, 0.4) is 0 Å². The normalized spacial score (nSPS) is 26.2. The van der Waals surface area contributed by atoms with Crippen LogP contribution < -0.4 is 0 Å². The second-order valence-electron chi connectivity index (χ2n) is 4.14.